The minimum absolute atomic E-state index is 0.166. The second kappa shape index (κ2) is 7.19. The average molecular weight is 330 g/mol. The molecular formula is C17H22N4OS. The lowest BCUT2D eigenvalue weighted by Gasteiger charge is -2.26. The number of amides is 1. The van der Waals surface area contributed by atoms with E-state index < -0.39 is 0 Å². The molecule has 2 heterocycles. The predicted molar refractivity (Wildman–Crippen MR) is 94.9 cm³/mol. The van der Waals surface area contributed by atoms with Gasteiger partial charge in [-0.2, -0.15) is 11.8 Å². The van der Waals surface area contributed by atoms with Crippen LogP contribution in [0.15, 0.2) is 30.7 Å². The smallest absolute Gasteiger partial charge is 0.275 e. The standard InChI is InChI=1S/C17H22N4OS/c1-13-3-4-14(10-21-5-7-23-8-6-21)9-15(13)19-17(22)16-11-20(2)12-18-16/h3-4,9,11-12H,5-8,10H2,1-2H3,(H,19,22). The minimum Gasteiger partial charge on any atom is -0.340 e. The van der Waals surface area contributed by atoms with E-state index in [-0.39, 0.29) is 5.91 Å². The van der Waals surface area contributed by atoms with Crippen LogP contribution in [0.25, 0.3) is 0 Å². The van der Waals surface area contributed by atoms with E-state index in [9.17, 15) is 4.79 Å². The average Bonchev–Trinajstić information content (AvgIpc) is 2.98. The van der Waals surface area contributed by atoms with Gasteiger partial charge in [0, 0.05) is 50.1 Å². The lowest BCUT2D eigenvalue weighted by Crippen LogP contribution is -2.32. The fourth-order valence-electron chi connectivity index (χ4n) is 2.64. The molecule has 0 radical (unpaired) electrons. The number of carbonyl (C=O) groups excluding carboxylic acids is 1. The highest BCUT2D eigenvalue weighted by atomic mass is 32.2. The summed E-state index contributed by atoms with van der Waals surface area (Å²) in [5.74, 6) is 2.24. The van der Waals surface area contributed by atoms with E-state index in [2.05, 4.69) is 33.4 Å². The Hall–Kier alpha value is -1.79. The molecule has 2 aromatic rings. The van der Waals surface area contributed by atoms with Crippen LogP contribution in [-0.4, -0.2) is 45.0 Å². The lowest BCUT2D eigenvalue weighted by molar-refractivity contribution is 0.102. The number of carbonyl (C=O) groups is 1. The number of aryl methyl sites for hydroxylation is 2. The maximum Gasteiger partial charge on any atom is 0.275 e. The van der Waals surface area contributed by atoms with E-state index in [1.54, 1.807) is 17.1 Å². The van der Waals surface area contributed by atoms with Crippen molar-refractivity contribution in [1.82, 2.24) is 14.5 Å². The van der Waals surface area contributed by atoms with Gasteiger partial charge in [-0.15, -0.1) is 0 Å². The van der Waals surface area contributed by atoms with Crippen molar-refractivity contribution in [1.29, 1.82) is 0 Å². The summed E-state index contributed by atoms with van der Waals surface area (Å²) >= 11 is 2.02. The van der Waals surface area contributed by atoms with Gasteiger partial charge in [-0.05, 0) is 24.1 Å². The van der Waals surface area contributed by atoms with Gasteiger partial charge in [-0.25, -0.2) is 4.98 Å². The Morgan fingerprint density at radius 1 is 1.35 bits per heavy atom. The minimum atomic E-state index is -0.166. The first kappa shape index (κ1) is 16.1. The van der Waals surface area contributed by atoms with Gasteiger partial charge in [0.05, 0.1) is 6.33 Å². The Morgan fingerprint density at radius 3 is 2.83 bits per heavy atom. The topological polar surface area (TPSA) is 50.2 Å². The highest BCUT2D eigenvalue weighted by Gasteiger charge is 2.13. The molecule has 5 nitrogen and oxygen atoms in total. The number of benzene rings is 1. The third kappa shape index (κ3) is 4.14. The molecule has 0 aliphatic carbocycles. The lowest BCUT2D eigenvalue weighted by atomic mass is 10.1. The third-order valence-corrected chi connectivity index (χ3v) is 4.94. The highest BCUT2D eigenvalue weighted by molar-refractivity contribution is 7.99. The zero-order valence-electron chi connectivity index (χ0n) is 13.6. The molecule has 3 rings (SSSR count). The van der Waals surface area contributed by atoms with E-state index in [1.165, 1.54) is 17.1 Å². The number of aromatic nitrogens is 2. The summed E-state index contributed by atoms with van der Waals surface area (Å²) in [6.07, 6.45) is 3.35. The van der Waals surface area contributed by atoms with Crippen molar-refractivity contribution in [3.05, 3.63) is 47.5 Å². The fraction of sp³-hybridized carbons (Fsp3) is 0.412. The summed E-state index contributed by atoms with van der Waals surface area (Å²) < 4.78 is 1.77. The molecule has 1 aliphatic rings. The number of nitrogens with zero attached hydrogens (tertiary/aromatic N) is 3. The van der Waals surface area contributed by atoms with Crippen molar-refractivity contribution in [3.8, 4) is 0 Å². The van der Waals surface area contributed by atoms with Crippen molar-refractivity contribution in [2.45, 2.75) is 13.5 Å². The second-order valence-corrected chi connectivity index (χ2v) is 7.14. The van der Waals surface area contributed by atoms with Crippen molar-refractivity contribution in [2.24, 2.45) is 7.05 Å². The number of imidazole rings is 1. The summed E-state index contributed by atoms with van der Waals surface area (Å²) in [5, 5.41) is 2.98. The van der Waals surface area contributed by atoms with Crippen LogP contribution < -0.4 is 5.32 Å². The fourth-order valence-corrected chi connectivity index (χ4v) is 3.61. The molecule has 1 aliphatic heterocycles. The summed E-state index contributed by atoms with van der Waals surface area (Å²) in [6.45, 7) is 5.21. The van der Waals surface area contributed by atoms with Gasteiger partial charge < -0.3 is 9.88 Å². The second-order valence-electron chi connectivity index (χ2n) is 5.92. The van der Waals surface area contributed by atoms with E-state index in [0.717, 1.165) is 30.9 Å². The maximum absolute atomic E-state index is 12.3. The molecule has 0 unspecified atom stereocenters. The van der Waals surface area contributed by atoms with E-state index in [1.807, 2.05) is 25.7 Å². The van der Waals surface area contributed by atoms with Crippen molar-refractivity contribution in [2.75, 3.05) is 29.9 Å². The number of thioether (sulfide) groups is 1. The van der Waals surface area contributed by atoms with Crippen LogP contribution >= 0.6 is 11.8 Å². The van der Waals surface area contributed by atoms with Gasteiger partial charge in [0.1, 0.15) is 5.69 Å². The van der Waals surface area contributed by atoms with E-state index in [0.29, 0.717) is 5.69 Å². The predicted octanol–water partition coefficient (Wildman–Crippen LogP) is 2.53. The molecule has 0 saturated carbocycles. The molecule has 0 spiro atoms. The SMILES string of the molecule is Cc1ccc(CN2CCSCC2)cc1NC(=O)c1cn(C)cn1. The zero-order chi connectivity index (χ0) is 16.2. The number of hydrogen-bond acceptors (Lipinski definition) is 4. The monoisotopic (exact) mass is 330 g/mol. The largest absolute Gasteiger partial charge is 0.340 e. The number of nitrogens with one attached hydrogen (secondary N) is 1. The van der Waals surface area contributed by atoms with E-state index >= 15 is 0 Å². The summed E-state index contributed by atoms with van der Waals surface area (Å²) in [4.78, 5) is 18.8. The maximum atomic E-state index is 12.3. The van der Waals surface area contributed by atoms with Gasteiger partial charge in [0.15, 0.2) is 0 Å². The van der Waals surface area contributed by atoms with Crippen molar-refractivity contribution in [3.63, 3.8) is 0 Å². The van der Waals surface area contributed by atoms with Crippen LogP contribution in [-0.2, 0) is 13.6 Å². The van der Waals surface area contributed by atoms with Crippen LogP contribution in [0.1, 0.15) is 21.6 Å². The first-order valence-corrected chi connectivity index (χ1v) is 8.96. The van der Waals surface area contributed by atoms with Crippen molar-refractivity contribution < 1.29 is 4.79 Å². The molecule has 1 saturated heterocycles. The third-order valence-electron chi connectivity index (χ3n) is 4.00. The summed E-state index contributed by atoms with van der Waals surface area (Å²) in [7, 11) is 1.85. The molecular weight excluding hydrogens is 308 g/mol. The Kier molecular flexibility index (Phi) is 5.03. The summed E-state index contributed by atoms with van der Waals surface area (Å²) in [6, 6.07) is 6.30. The van der Waals surface area contributed by atoms with Crippen LogP contribution in [0.3, 0.4) is 0 Å². The van der Waals surface area contributed by atoms with Crippen LogP contribution in [0.2, 0.25) is 0 Å². The van der Waals surface area contributed by atoms with Crippen molar-refractivity contribution >= 4 is 23.4 Å². The normalized spacial score (nSPS) is 15.6. The quantitative estimate of drug-likeness (QED) is 0.936. The molecule has 1 aromatic heterocycles. The van der Waals surface area contributed by atoms with Gasteiger partial charge in [0.2, 0.25) is 0 Å². The first-order valence-electron chi connectivity index (χ1n) is 7.81. The van der Waals surface area contributed by atoms with Crippen LogP contribution in [0.5, 0.6) is 0 Å². The van der Waals surface area contributed by atoms with Crippen LogP contribution in [0.4, 0.5) is 5.69 Å². The molecule has 122 valence electrons. The zero-order valence-corrected chi connectivity index (χ0v) is 14.4. The molecule has 1 N–H and O–H groups in total. The van der Waals surface area contributed by atoms with Gasteiger partial charge >= 0.3 is 0 Å². The van der Waals surface area contributed by atoms with Crippen LogP contribution in [0, 0.1) is 6.92 Å². The Balaban J connectivity index is 1.71. The van der Waals surface area contributed by atoms with E-state index in [4.69, 9.17) is 0 Å². The Morgan fingerprint density at radius 2 is 2.13 bits per heavy atom. The molecule has 0 bridgehead atoms. The van der Waals surface area contributed by atoms with Gasteiger partial charge in [0.25, 0.3) is 5.91 Å². The van der Waals surface area contributed by atoms with Gasteiger partial charge in [-0.1, -0.05) is 12.1 Å². The molecule has 1 aromatic carbocycles. The first-order chi connectivity index (χ1) is 11.1. The number of rotatable bonds is 4. The Labute approximate surface area is 141 Å². The Bertz CT molecular complexity index is 692. The molecule has 6 heteroatoms. The molecule has 0 atom stereocenters. The molecule has 1 fully saturated rings. The number of hydrogen-bond donors (Lipinski definition) is 1. The van der Waals surface area contributed by atoms with Gasteiger partial charge in [-0.3, -0.25) is 9.69 Å². The molecule has 1 amide bonds. The summed E-state index contributed by atoms with van der Waals surface area (Å²) in [5.41, 5.74) is 3.60. The number of anilines is 1. The molecule has 23 heavy (non-hydrogen) atoms. The highest BCUT2D eigenvalue weighted by Crippen LogP contribution is 2.20.